The fourth-order valence-electron chi connectivity index (χ4n) is 1.12. The highest BCUT2D eigenvalue weighted by Crippen LogP contribution is 2.20. The lowest BCUT2D eigenvalue weighted by Gasteiger charge is -2.15. The second kappa shape index (κ2) is 6.76. The second-order valence-corrected chi connectivity index (χ2v) is 4.69. The number of carbonyl (C=O) groups excluding carboxylic acids is 1. The van der Waals surface area contributed by atoms with E-state index in [1.54, 1.807) is 6.92 Å². The van der Waals surface area contributed by atoms with Crippen LogP contribution in [-0.2, 0) is 4.79 Å². The molecule has 0 spiro atoms. The van der Waals surface area contributed by atoms with Crippen LogP contribution in [0.4, 0.5) is 5.82 Å². The molecule has 0 fully saturated rings. The second-order valence-electron chi connectivity index (χ2n) is 3.49. The largest absolute Gasteiger partial charge is 0.358 e. The van der Waals surface area contributed by atoms with Crippen LogP contribution in [0.3, 0.4) is 0 Å². The van der Waals surface area contributed by atoms with E-state index >= 15 is 0 Å². The quantitative estimate of drug-likeness (QED) is 0.816. The lowest BCUT2D eigenvalue weighted by Crippen LogP contribution is -2.38. The van der Waals surface area contributed by atoms with E-state index in [1.807, 2.05) is 6.92 Å². The van der Waals surface area contributed by atoms with E-state index in [0.717, 1.165) is 6.42 Å². The van der Waals surface area contributed by atoms with Gasteiger partial charge in [-0.15, -0.1) is 0 Å². The van der Waals surface area contributed by atoms with Gasteiger partial charge in [-0.25, -0.2) is 4.98 Å². The van der Waals surface area contributed by atoms with Gasteiger partial charge in [-0.1, -0.05) is 6.92 Å². The van der Waals surface area contributed by atoms with Crippen molar-refractivity contribution in [2.45, 2.75) is 26.3 Å². The van der Waals surface area contributed by atoms with Gasteiger partial charge >= 0.3 is 0 Å². The smallest absolute Gasteiger partial charge is 0.242 e. The Morgan fingerprint density at radius 3 is 3.00 bits per heavy atom. The maximum absolute atomic E-state index is 11.6. The minimum Gasteiger partial charge on any atom is -0.358 e. The van der Waals surface area contributed by atoms with Crippen LogP contribution in [0.25, 0.3) is 0 Å². The number of hydrogen-bond acceptors (Lipinski definition) is 4. The Hall–Kier alpha value is -0.880. The molecule has 1 aromatic heterocycles. The molecule has 5 nitrogen and oxygen atoms in total. The van der Waals surface area contributed by atoms with Gasteiger partial charge in [0.2, 0.25) is 11.2 Å². The van der Waals surface area contributed by atoms with Gasteiger partial charge in [0.05, 0.1) is 4.47 Å². The van der Waals surface area contributed by atoms with Crippen LogP contribution in [0.1, 0.15) is 20.3 Å². The van der Waals surface area contributed by atoms with Gasteiger partial charge in [0.1, 0.15) is 11.9 Å². The van der Waals surface area contributed by atoms with Gasteiger partial charge < -0.3 is 10.6 Å². The zero-order chi connectivity index (χ0) is 12.8. The highest BCUT2D eigenvalue weighted by molar-refractivity contribution is 9.10. The van der Waals surface area contributed by atoms with Gasteiger partial charge in [0.15, 0.2) is 0 Å². The number of amides is 1. The molecule has 1 aromatic rings. The fourth-order valence-corrected chi connectivity index (χ4v) is 1.56. The number of nitrogens with one attached hydrogen (secondary N) is 2. The third-order valence-electron chi connectivity index (χ3n) is 2.01. The summed E-state index contributed by atoms with van der Waals surface area (Å²) < 4.78 is 0.664. The molecule has 1 rings (SSSR count). The number of carbonyl (C=O) groups is 1. The molecule has 0 bridgehead atoms. The molecule has 7 heteroatoms. The van der Waals surface area contributed by atoms with E-state index in [4.69, 9.17) is 11.6 Å². The van der Waals surface area contributed by atoms with Crippen LogP contribution < -0.4 is 10.6 Å². The summed E-state index contributed by atoms with van der Waals surface area (Å²) in [4.78, 5) is 19.4. The van der Waals surface area contributed by atoms with Gasteiger partial charge in [0, 0.05) is 12.7 Å². The molecule has 0 saturated carbocycles. The molecule has 0 saturated heterocycles. The van der Waals surface area contributed by atoms with Crippen molar-refractivity contribution < 1.29 is 4.79 Å². The van der Waals surface area contributed by atoms with Gasteiger partial charge in [0.25, 0.3) is 0 Å². The molecule has 1 unspecified atom stereocenters. The van der Waals surface area contributed by atoms with Crippen molar-refractivity contribution in [1.29, 1.82) is 0 Å². The number of rotatable bonds is 5. The van der Waals surface area contributed by atoms with E-state index in [0.29, 0.717) is 16.8 Å². The first-order chi connectivity index (χ1) is 8.04. The molecular formula is C10H14BrClN4O. The van der Waals surface area contributed by atoms with Crippen LogP contribution in [0, 0.1) is 0 Å². The number of nitrogens with zero attached hydrogens (tertiary/aromatic N) is 2. The standard InChI is InChI=1S/C10H14BrClN4O/c1-3-4-13-9(17)6(2)15-8-7(11)5-14-10(12)16-8/h5-6H,3-4H2,1-2H3,(H,13,17)(H,14,15,16). The van der Waals surface area contributed by atoms with Crippen molar-refractivity contribution in [3.05, 3.63) is 16.0 Å². The molecule has 0 aliphatic rings. The van der Waals surface area contributed by atoms with Gasteiger partial charge in [-0.05, 0) is 40.9 Å². The van der Waals surface area contributed by atoms with Gasteiger partial charge in [-0.2, -0.15) is 4.98 Å². The monoisotopic (exact) mass is 320 g/mol. The molecule has 1 amide bonds. The normalized spacial score (nSPS) is 12.0. The van der Waals surface area contributed by atoms with Crippen molar-refractivity contribution in [2.24, 2.45) is 0 Å². The predicted molar refractivity (Wildman–Crippen MR) is 71.1 cm³/mol. The highest BCUT2D eigenvalue weighted by atomic mass is 79.9. The third kappa shape index (κ3) is 4.47. The lowest BCUT2D eigenvalue weighted by molar-refractivity contribution is -0.121. The van der Waals surface area contributed by atoms with E-state index in [1.165, 1.54) is 6.20 Å². The first-order valence-electron chi connectivity index (χ1n) is 5.27. The third-order valence-corrected chi connectivity index (χ3v) is 2.77. The summed E-state index contributed by atoms with van der Waals surface area (Å²) in [7, 11) is 0. The maximum Gasteiger partial charge on any atom is 0.242 e. The Balaban J connectivity index is 2.64. The minimum absolute atomic E-state index is 0.0755. The molecule has 0 radical (unpaired) electrons. The van der Waals surface area contributed by atoms with Crippen molar-refractivity contribution in [3.63, 3.8) is 0 Å². The average Bonchev–Trinajstić information content (AvgIpc) is 2.30. The topological polar surface area (TPSA) is 66.9 Å². The Labute approximate surface area is 113 Å². The minimum atomic E-state index is -0.385. The van der Waals surface area contributed by atoms with Crippen LogP contribution >= 0.6 is 27.5 Å². The summed E-state index contributed by atoms with van der Waals surface area (Å²) in [5.74, 6) is 0.428. The van der Waals surface area contributed by atoms with Crippen molar-refractivity contribution in [3.8, 4) is 0 Å². The molecule has 0 aliphatic heterocycles. The Morgan fingerprint density at radius 1 is 1.65 bits per heavy atom. The first kappa shape index (κ1) is 14.2. The first-order valence-corrected chi connectivity index (χ1v) is 6.44. The molecular weight excluding hydrogens is 307 g/mol. The summed E-state index contributed by atoms with van der Waals surface area (Å²) >= 11 is 8.96. The van der Waals surface area contributed by atoms with Crippen molar-refractivity contribution in [1.82, 2.24) is 15.3 Å². The fraction of sp³-hybridized carbons (Fsp3) is 0.500. The van der Waals surface area contributed by atoms with E-state index in [-0.39, 0.29) is 17.2 Å². The van der Waals surface area contributed by atoms with Crippen LogP contribution in [0.2, 0.25) is 5.28 Å². The lowest BCUT2D eigenvalue weighted by atomic mass is 10.3. The molecule has 17 heavy (non-hydrogen) atoms. The number of halogens is 2. The highest BCUT2D eigenvalue weighted by Gasteiger charge is 2.14. The maximum atomic E-state index is 11.6. The molecule has 94 valence electrons. The summed E-state index contributed by atoms with van der Waals surface area (Å²) in [5, 5.41) is 5.89. The summed E-state index contributed by atoms with van der Waals surface area (Å²) in [6.07, 6.45) is 2.44. The zero-order valence-electron chi connectivity index (χ0n) is 9.63. The Morgan fingerprint density at radius 2 is 2.35 bits per heavy atom. The van der Waals surface area contributed by atoms with Gasteiger partial charge in [-0.3, -0.25) is 4.79 Å². The molecule has 1 heterocycles. The summed E-state index contributed by atoms with van der Waals surface area (Å²) in [5.41, 5.74) is 0. The molecule has 0 aliphatic carbocycles. The SMILES string of the molecule is CCCNC(=O)C(C)Nc1nc(Cl)ncc1Br. The van der Waals surface area contributed by atoms with Crippen LogP contribution in [-0.4, -0.2) is 28.5 Å². The molecule has 2 N–H and O–H groups in total. The van der Waals surface area contributed by atoms with Crippen molar-refractivity contribution >= 4 is 39.3 Å². The average molecular weight is 322 g/mol. The van der Waals surface area contributed by atoms with E-state index < -0.39 is 0 Å². The number of anilines is 1. The Bertz CT molecular complexity index is 402. The van der Waals surface area contributed by atoms with Crippen LogP contribution in [0.5, 0.6) is 0 Å². The predicted octanol–water partition coefficient (Wildman–Crippen LogP) is 2.22. The Kier molecular flexibility index (Phi) is 5.64. The molecule has 0 aromatic carbocycles. The van der Waals surface area contributed by atoms with E-state index in [9.17, 15) is 4.79 Å². The number of aromatic nitrogens is 2. The molecule has 1 atom stereocenters. The van der Waals surface area contributed by atoms with Crippen molar-refractivity contribution in [2.75, 3.05) is 11.9 Å². The summed E-state index contributed by atoms with van der Waals surface area (Å²) in [6, 6.07) is -0.385. The number of hydrogen-bond donors (Lipinski definition) is 2. The zero-order valence-corrected chi connectivity index (χ0v) is 12.0. The van der Waals surface area contributed by atoms with Crippen LogP contribution in [0.15, 0.2) is 10.7 Å². The summed E-state index contributed by atoms with van der Waals surface area (Å²) in [6.45, 7) is 4.42. The van der Waals surface area contributed by atoms with E-state index in [2.05, 4.69) is 36.5 Å².